The molecule has 0 saturated carbocycles. The van der Waals surface area contributed by atoms with E-state index in [1.807, 2.05) is 0 Å². The molecule has 0 amide bonds. The Morgan fingerprint density at radius 1 is 0.800 bits per heavy atom. The van der Waals surface area contributed by atoms with E-state index in [0.717, 1.165) is 0 Å². The van der Waals surface area contributed by atoms with Gasteiger partial charge in [0, 0.05) is 0 Å². The van der Waals surface area contributed by atoms with Crippen LogP contribution in [0.1, 0.15) is 0 Å². The van der Waals surface area contributed by atoms with Crippen molar-refractivity contribution >= 4 is 38.5 Å². The van der Waals surface area contributed by atoms with Gasteiger partial charge in [-0.25, -0.2) is 0 Å². The summed E-state index contributed by atoms with van der Waals surface area (Å²) in [6.07, 6.45) is -4.67. The van der Waals surface area contributed by atoms with Crippen molar-refractivity contribution in [1.29, 1.82) is 0 Å². The topological polar surface area (TPSA) is 163 Å². The van der Waals surface area contributed by atoms with Crippen molar-refractivity contribution in [1.82, 2.24) is 6.15 Å². The summed E-state index contributed by atoms with van der Waals surface area (Å²) in [5.74, 6) is 0. The molecule has 7 nitrogen and oxygen atoms in total. The number of hydrogen-bond donors (Lipinski definition) is 1. The van der Waals surface area contributed by atoms with Crippen LogP contribution in [-0.4, -0.2) is 38.5 Å². The first-order chi connectivity index (χ1) is 3.46. The van der Waals surface area contributed by atoms with Crippen molar-refractivity contribution in [2.45, 2.75) is 0 Å². The molecule has 58 valence electrons. The van der Waals surface area contributed by atoms with Gasteiger partial charge in [0.25, 0.3) is 0 Å². The predicted octanol–water partition coefficient (Wildman–Crippen LogP) is -4.90. The summed E-state index contributed by atoms with van der Waals surface area (Å²) >= 11 is 0. The fraction of sp³-hybridized carbons (Fsp3) is 0. The fourth-order valence-corrected chi connectivity index (χ4v) is 0. The van der Waals surface area contributed by atoms with Crippen LogP contribution in [0.15, 0.2) is 0 Å². The molecule has 0 aromatic rings. The monoisotopic (exact) mass is 347 g/mol. The van der Waals surface area contributed by atoms with Crippen molar-refractivity contribution in [3.05, 3.63) is 0 Å². The third-order valence-electron chi connectivity index (χ3n) is 0. The van der Waals surface area contributed by atoms with Gasteiger partial charge in [0.05, 0.1) is 0 Å². The first kappa shape index (κ1) is 22.8. The second kappa shape index (κ2) is 15.8. The van der Waals surface area contributed by atoms with Gasteiger partial charge < -0.3 is 36.2 Å². The van der Waals surface area contributed by atoms with Crippen LogP contribution < -0.4 is 26.6 Å². The first-order valence-electron chi connectivity index (χ1n) is 1.22. The third-order valence-corrected chi connectivity index (χ3v) is 0. The largest absolute Gasteiger partial charge is 3.00 e. The van der Waals surface area contributed by atoms with Gasteiger partial charge in [-0.1, -0.05) is 0 Å². The number of carbonyl (C=O) groups excluding carboxylic acids is 2. The predicted molar refractivity (Wildman–Crippen MR) is 22.5 cm³/mol. The smallest absolute Gasteiger partial charge is 0.652 e. The van der Waals surface area contributed by atoms with E-state index >= 15 is 0 Å². The number of carboxylic acid groups (broad SMARTS) is 4. The molecule has 0 aliphatic heterocycles. The summed E-state index contributed by atoms with van der Waals surface area (Å²) in [6, 6.07) is 0. The zero-order valence-electron chi connectivity index (χ0n) is 4.90. The Bertz CT molecular complexity index is 73.7. The van der Waals surface area contributed by atoms with E-state index in [-0.39, 0.29) is 32.4 Å². The second-order valence-corrected chi connectivity index (χ2v) is 0.500. The van der Waals surface area contributed by atoms with Crippen molar-refractivity contribution in [2.75, 3.05) is 0 Å². The summed E-state index contributed by atoms with van der Waals surface area (Å²) < 4.78 is 0. The molecule has 0 unspecified atom stereocenters. The molecule has 0 spiro atoms. The Hall–Kier alpha value is -0.617. The molecular weight excluding hydrogens is 343 g/mol. The molecule has 0 heterocycles. The summed E-state index contributed by atoms with van der Waals surface area (Å²) in [5, 5.41) is 33.3. The summed E-state index contributed by atoms with van der Waals surface area (Å²) in [5.41, 5.74) is 0. The fourth-order valence-electron chi connectivity index (χ4n) is 0. The molecule has 8 heteroatoms. The second-order valence-electron chi connectivity index (χ2n) is 0.500. The van der Waals surface area contributed by atoms with Gasteiger partial charge in [0.2, 0.25) is 0 Å². The molecular formula is C2H4BiNO6. The molecule has 0 fully saturated rings. The van der Waals surface area contributed by atoms with Gasteiger partial charge in [-0.2, -0.15) is 0 Å². The van der Waals surface area contributed by atoms with Crippen LogP contribution in [-0.2, 0) is 0 Å². The zero-order chi connectivity index (χ0) is 7.15. The Kier molecular flexibility index (Phi) is 35.9. The van der Waals surface area contributed by atoms with E-state index in [0.29, 0.717) is 0 Å². The van der Waals surface area contributed by atoms with Crippen LogP contribution in [0.3, 0.4) is 0 Å². The molecule has 0 aromatic carbocycles. The normalized spacial score (nSPS) is 4.80. The van der Waals surface area contributed by atoms with E-state index in [4.69, 9.17) is 30.0 Å². The van der Waals surface area contributed by atoms with E-state index in [2.05, 4.69) is 0 Å². The Balaban J connectivity index is -0.0000000300. The van der Waals surface area contributed by atoms with E-state index in [9.17, 15) is 0 Å². The van der Waals surface area contributed by atoms with Gasteiger partial charge in [0.15, 0.2) is 0 Å². The Labute approximate surface area is 75.0 Å². The Morgan fingerprint density at radius 2 is 0.800 bits per heavy atom. The van der Waals surface area contributed by atoms with E-state index in [1.165, 1.54) is 0 Å². The van der Waals surface area contributed by atoms with Crippen molar-refractivity contribution in [3.63, 3.8) is 0 Å². The minimum Gasteiger partial charge on any atom is -0.652 e. The quantitative estimate of drug-likeness (QED) is 0.432. The number of rotatable bonds is 0. The standard InChI is InChI=1S/2CH2O3.Bi.H3N/c2*2-1(3)4;;/h2*(H2,2,3,4);;1H3/q;;+3;/p-3. The van der Waals surface area contributed by atoms with Crippen LogP contribution in [0.5, 0.6) is 0 Å². The molecule has 2 radical (unpaired) electrons. The van der Waals surface area contributed by atoms with Crippen LogP contribution in [0, 0.1) is 0 Å². The number of carbonyl (C=O) groups is 2. The minimum atomic E-state index is -2.33. The average molecular weight is 347 g/mol. The molecule has 0 bridgehead atoms. The average Bonchev–Trinajstić information content (AvgIpc) is 1.25. The summed E-state index contributed by atoms with van der Waals surface area (Å²) in [4.78, 5) is 16.7. The maximum Gasteiger partial charge on any atom is 3.00 e. The number of quaternary nitrogens is 1. The van der Waals surface area contributed by atoms with Crippen molar-refractivity contribution in [2.24, 2.45) is 0 Å². The molecule has 0 aliphatic rings. The first-order valence-corrected chi connectivity index (χ1v) is 1.22. The van der Waals surface area contributed by atoms with E-state index < -0.39 is 12.3 Å². The maximum absolute atomic E-state index is 8.33. The van der Waals surface area contributed by atoms with Crippen LogP contribution in [0.25, 0.3) is 0 Å². The summed E-state index contributed by atoms with van der Waals surface area (Å²) in [6.45, 7) is 0. The minimum absolute atomic E-state index is 0. The van der Waals surface area contributed by atoms with Crippen LogP contribution in [0.2, 0.25) is 0 Å². The molecule has 0 aromatic heterocycles. The molecule has 0 saturated heterocycles. The van der Waals surface area contributed by atoms with Crippen molar-refractivity contribution < 1.29 is 30.0 Å². The van der Waals surface area contributed by atoms with Gasteiger partial charge in [-0.15, -0.1) is 0 Å². The van der Waals surface area contributed by atoms with Crippen molar-refractivity contribution in [3.8, 4) is 0 Å². The van der Waals surface area contributed by atoms with Gasteiger partial charge in [-0.3, -0.25) is 0 Å². The molecule has 0 rings (SSSR count). The van der Waals surface area contributed by atoms with Gasteiger partial charge in [0.1, 0.15) is 0 Å². The Morgan fingerprint density at radius 3 is 0.800 bits per heavy atom. The van der Waals surface area contributed by atoms with E-state index in [1.54, 1.807) is 0 Å². The molecule has 4 N–H and O–H groups in total. The SMILES string of the molecule is O=C([O-])[O-].O=C([O-])[O-].[Bi+3].[NH4+]. The van der Waals surface area contributed by atoms with Crippen LogP contribution >= 0.6 is 0 Å². The number of hydrogen-bond acceptors (Lipinski definition) is 6. The molecule has 0 atom stereocenters. The van der Waals surface area contributed by atoms with Gasteiger partial charge in [-0.05, 0) is 12.3 Å². The molecule has 10 heavy (non-hydrogen) atoms. The van der Waals surface area contributed by atoms with Gasteiger partial charge >= 0.3 is 26.2 Å². The van der Waals surface area contributed by atoms with Crippen LogP contribution in [0.4, 0.5) is 9.59 Å². The zero-order valence-corrected chi connectivity index (χ0v) is 8.37. The third kappa shape index (κ3) is 790. The molecule has 0 aliphatic carbocycles. The summed E-state index contributed by atoms with van der Waals surface area (Å²) in [7, 11) is 0. The maximum atomic E-state index is 8.33.